The van der Waals surface area contributed by atoms with E-state index in [1.54, 1.807) is 36.4 Å². The van der Waals surface area contributed by atoms with E-state index in [1.165, 1.54) is 17.8 Å². The summed E-state index contributed by atoms with van der Waals surface area (Å²) in [7, 11) is 0. The zero-order chi connectivity index (χ0) is 22.5. The van der Waals surface area contributed by atoms with Crippen LogP contribution in [0.1, 0.15) is 41.6 Å². The van der Waals surface area contributed by atoms with Gasteiger partial charge in [-0.25, -0.2) is 0 Å². The Bertz CT molecular complexity index is 1090. The van der Waals surface area contributed by atoms with Crippen molar-refractivity contribution < 1.29 is 19.4 Å². The van der Waals surface area contributed by atoms with Crippen LogP contribution in [0.4, 0.5) is 0 Å². The molecular formula is C23H24ClN3O4. The van der Waals surface area contributed by atoms with Crippen LogP contribution in [0.15, 0.2) is 55.2 Å². The van der Waals surface area contributed by atoms with Gasteiger partial charge in [0.25, 0.3) is 5.91 Å². The molecule has 8 heteroatoms. The lowest BCUT2D eigenvalue weighted by atomic mass is 10.1. The van der Waals surface area contributed by atoms with Crippen LogP contribution in [-0.2, 0) is 0 Å². The highest BCUT2D eigenvalue weighted by Crippen LogP contribution is 2.37. The number of hydrogen-bond acceptors (Lipinski definition) is 5. The van der Waals surface area contributed by atoms with Crippen molar-refractivity contribution >= 4 is 17.5 Å². The summed E-state index contributed by atoms with van der Waals surface area (Å²) in [6.45, 7) is 9.41. The van der Waals surface area contributed by atoms with E-state index in [1.807, 2.05) is 19.9 Å². The third-order valence-corrected chi connectivity index (χ3v) is 4.73. The minimum atomic E-state index is -1.04. The molecule has 1 heterocycles. The molecule has 1 aromatic heterocycles. The van der Waals surface area contributed by atoms with Crippen molar-refractivity contribution in [3.8, 4) is 23.1 Å². The van der Waals surface area contributed by atoms with Crippen molar-refractivity contribution in [2.45, 2.75) is 26.9 Å². The third-order valence-electron chi connectivity index (χ3n) is 4.42. The first-order valence-corrected chi connectivity index (χ1v) is 10.1. The summed E-state index contributed by atoms with van der Waals surface area (Å²) in [6, 6.07) is 12.4. The lowest BCUT2D eigenvalue weighted by Crippen LogP contribution is -2.19. The Morgan fingerprint density at radius 2 is 1.97 bits per heavy atom. The molecule has 3 aromatic rings. The van der Waals surface area contributed by atoms with Gasteiger partial charge >= 0.3 is 0 Å². The summed E-state index contributed by atoms with van der Waals surface area (Å²) in [5.74, 6) is 0.834. The first-order valence-electron chi connectivity index (χ1n) is 9.75. The van der Waals surface area contributed by atoms with Crippen molar-refractivity contribution in [1.29, 1.82) is 0 Å². The number of aromatic nitrogens is 2. The van der Waals surface area contributed by atoms with Crippen LogP contribution < -0.4 is 14.8 Å². The molecule has 0 bridgehead atoms. The van der Waals surface area contributed by atoms with E-state index in [0.29, 0.717) is 28.8 Å². The van der Waals surface area contributed by atoms with Crippen molar-refractivity contribution in [3.63, 3.8) is 0 Å². The van der Waals surface area contributed by atoms with E-state index in [2.05, 4.69) is 17.0 Å². The molecule has 0 saturated heterocycles. The average molecular weight is 442 g/mol. The highest BCUT2D eigenvalue weighted by atomic mass is 35.5. The Kier molecular flexibility index (Phi) is 6.99. The summed E-state index contributed by atoms with van der Waals surface area (Å²) in [6.07, 6.45) is 0.209. The van der Waals surface area contributed by atoms with E-state index >= 15 is 0 Å². The average Bonchev–Trinajstić information content (AvgIpc) is 3.09. The first kappa shape index (κ1) is 22.4. The summed E-state index contributed by atoms with van der Waals surface area (Å²) in [4.78, 5) is 12.6. The summed E-state index contributed by atoms with van der Waals surface area (Å²) in [5, 5.41) is 17.8. The molecule has 3 rings (SSSR count). The van der Waals surface area contributed by atoms with Gasteiger partial charge in [-0.2, -0.15) is 9.78 Å². The number of hydrogen-bond donors (Lipinski definition) is 2. The van der Waals surface area contributed by atoms with E-state index in [4.69, 9.17) is 21.1 Å². The minimum Gasteiger partial charge on any atom is -0.494 e. The smallest absolute Gasteiger partial charge is 0.276 e. The van der Waals surface area contributed by atoms with Gasteiger partial charge in [0, 0.05) is 0 Å². The fourth-order valence-electron chi connectivity index (χ4n) is 3.05. The number of halogens is 1. The van der Waals surface area contributed by atoms with Crippen LogP contribution in [0.25, 0.3) is 5.69 Å². The van der Waals surface area contributed by atoms with Crippen molar-refractivity contribution in [3.05, 3.63) is 77.1 Å². The number of aliphatic hydroxyl groups is 1. The van der Waals surface area contributed by atoms with Gasteiger partial charge in [0.2, 0.25) is 5.88 Å². The maximum Gasteiger partial charge on any atom is 0.276 e. The molecular weight excluding hydrogens is 418 g/mol. The monoisotopic (exact) mass is 441 g/mol. The second kappa shape index (κ2) is 9.68. The Labute approximate surface area is 185 Å². The molecule has 162 valence electrons. The molecule has 1 atom stereocenters. The quantitative estimate of drug-likeness (QED) is 0.516. The van der Waals surface area contributed by atoms with E-state index < -0.39 is 12.0 Å². The molecule has 2 aromatic carbocycles. The summed E-state index contributed by atoms with van der Waals surface area (Å²) in [5.41, 5.74) is 1.71. The third kappa shape index (κ3) is 4.90. The summed E-state index contributed by atoms with van der Waals surface area (Å²) < 4.78 is 13.0. The SMILES string of the molecule is C=CNC(=O)c1nn(-c2ccc(C)cc2Cl)c(Oc2ccc(OCC)cc2)c1C(C)O. The van der Waals surface area contributed by atoms with Crippen LogP contribution in [0, 0.1) is 6.92 Å². The van der Waals surface area contributed by atoms with Gasteiger partial charge in [-0.3, -0.25) is 4.79 Å². The number of carbonyl (C=O) groups is 1. The summed E-state index contributed by atoms with van der Waals surface area (Å²) >= 11 is 6.46. The molecule has 0 saturated carbocycles. The maximum absolute atomic E-state index is 12.6. The topological polar surface area (TPSA) is 85.6 Å². The van der Waals surface area contributed by atoms with Gasteiger partial charge in [-0.15, -0.1) is 0 Å². The molecule has 7 nitrogen and oxygen atoms in total. The minimum absolute atomic E-state index is 0.00692. The lowest BCUT2D eigenvalue weighted by Gasteiger charge is -2.14. The zero-order valence-corrected chi connectivity index (χ0v) is 18.3. The Morgan fingerprint density at radius 1 is 1.29 bits per heavy atom. The molecule has 0 spiro atoms. The molecule has 2 N–H and O–H groups in total. The second-order valence-electron chi connectivity index (χ2n) is 6.79. The maximum atomic E-state index is 12.6. The fourth-order valence-corrected chi connectivity index (χ4v) is 3.36. The van der Waals surface area contributed by atoms with Crippen LogP contribution in [-0.4, -0.2) is 27.4 Å². The van der Waals surface area contributed by atoms with Crippen LogP contribution in [0.2, 0.25) is 5.02 Å². The van der Waals surface area contributed by atoms with E-state index in [0.717, 1.165) is 5.56 Å². The fraction of sp³-hybridized carbons (Fsp3) is 0.217. The van der Waals surface area contributed by atoms with E-state index in [-0.39, 0.29) is 17.1 Å². The van der Waals surface area contributed by atoms with Crippen molar-refractivity contribution in [2.24, 2.45) is 0 Å². The van der Waals surface area contributed by atoms with E-state index in [9.17, 15) is 9.90 Å². The van der Waals surface area contributed by atoms with Crippen molar-refractivity contribution in [2.75, 3.05) is 6.61 Å². The molecule has 0 fully saturated rings. The molecule has 0 radical (unpaired) electrons. The molecule has 0 aliphatic heterocycles. The van der Waals surface area contributed by atoms with Gasteiger partial charge in [-0.05, 0) is 68.9 Å². The normalized spacial score (nSPS) is 11.6. The Hall–Kier alpha value is -3.29. The van der Waals surface area contributed by atoms with Crippen LogP contribution in [0.5, 0.6) is 17.4 Å². The van der Waals surface area contributed by atoms with Crippen molar-refractivity contribution in [1.82, 2.24) is 15.1 Å². The number of nitrogens with one attached hydrogen (secondary N) is 1. The molecule has 31 heavy (non-hydrogen) atoms. The highest BCUT2D eigenvalue weighted by molar-refractivity contribution is 6.32. The highest BCUT2D eigenvalue weighted by Gasteiger charge is 2.29. The lowest BCUT2D eigenvalue weighted by molar-refractivity contribution is 0.0958. The standard InChI is InChI=1S/C23H24ClN3O4/c1-5-25-22(29)21-20(15(4)28)23(31-17-10-8-16(9-11-17)30-6-2)27(26-21)19-12-7-14(3)13-18(19)24/h5,7-13,15,28H,1,6H2,2-4H3,(H,25,29). The predicted octanol–water partition coefficient (Wildman–Crippen LogP) is 4.95. The number of carbonyl (C=O) groups excluding carboxylic acids is 1. The van der Waals surface area contributed by atoms with Crippen LogP contribution >= 0.6 is 11.6 Å². The van der Waals surface area contributed by atoms with Gasteiger partial charge in [-0.1, -0.05) is 24.2 Å². The zero-order valence-electron chi connectivity index (χ0n) is 17.6. The predicted molar refractivity (Wildman–Crippen MR) is 119 cm³/mol. The van der Waals surface area contributed by atoms with Gasteiger partial charge in [0.1, 0.15) is 11.5 Å². The van der Waals surface area contributed by atoms with Crippen LogP contribution in [0.3, 0.4) is 0 Å². The number of benzene rings is 2. The Balaban J connectivity index is 2.17. The first-order chi connectivity index (χ1) is 14.8. The van der Waals surface area contributed by atoms with Gasteiger partial charge < -0.3 is 19.9 Å². The van der Waals surface area contributed by atoms with Gasteiger partial charge in [0.15, 0.2) is 5.69 Å². The van der Waals surface area contributed by atoms with Gasteiger partial charge in [0.05, 0.1) is 29.0 Å². The Morgan fingerprint density at radius 3 is 2.55 bits per heavy atom. The largest absolute Gasteiger partial charge is 0.494 e. The molecule has 0 aliphatic carbocycles. The molecule has 0 aliphatic rings. The second-order valence-corrected chi connectivity index (χ2v) is 7.20. The molecule has 1 unspecified atom stereocenters. The number of aryl methyl sites for hydroxylation is 1. The number of nitrogens with zero attached hydrogens (tertiary/aromatic N) is 2. The number of amides is 1. The number of ether oxygens (including phenoxy) is 2. The number of rotatable bonds is 8. The molecule has 1 amide bonds. The number of aliphatic hydroxyl groups excluding tert-OH is 1.